The minimum absolute atomic E-state index is 0.0219. The van der Waals surface area contributed by atoms with Gasteiger partial charge in [-0.25, -0.2) is 10.1 Å². The number of aromatic amines is 1. The first-order chi connectivity index (χ1) is 16.2. The summed E-state index contributed by atoms with van der Waals surface area (Å²) in [5.74, 6) is -0.563. The molecule has 2 unspecified atom stereocenters. The second-order valence-electron chi connectivity index (χ2n) is 7.63. The van der Waals surface area contributed by atoms with Gasteiger partial charge in [0.05, 0.1) is 26.1 Å². The highest BCUT2D eigenvalue weighted by atomic mass is 31.2. The van der Waals surface area contributed by atoms with Gasteiger partial charge in [-0.2, -0.15) is 4.98 Å². The number of carbonyl (C=O) groups excluding carboxylic acids is 1. The van der Waals surface area contributed by atoms with Crippen LogP contribution < -0.4 is 16.4 Å². The molecule has 184 valence electrons. The maximum atomic E-state index is 13.5. The number of nitrogens with two attached hydrogens (primary N) is 1. The van der Waals surface area contributed by atoms with E-state index in [4.69, 9.17) is 19.7 Å². The number of aromatic nitrogens is 4. The molecule has 0 fully saturated rings. The van der Waals surface area contributed by atoms with Crippen molar-refractivity contribution in [2.45, 2.75) is 40.0 Å². The molecule has 12 nitrogen and oxygen atoms in total. The van der Waals surface area contributed by atoms with Crippen molar-refractivity contribution in [2.24, 2.45) is 0 Å². The highest BCUT2D eigenvalue weighted by molar-refractivity contribution is 7.56. The van der Waals surface area contributed by atoms with Crippen molar-refractivity contribution in [3.05, 3.63) is 52.1 Å². The lowest BCUT2D eigenvalue weighted by molar-refractivity contribution is -0.144. The van der Waals surface area contributed by atoms with E-state index in [9.17, 15) is 14.2 Å². The van der Waals surface area contributed by atoms with Crippen LogP contribution in [0, 0.1) is 6.92 Å². The van der Waals surface area contributed by atoms with E-state index < -0.39 is 25.1 Å². The second-order valence-corrected chi connectivity index (χ2v) is 9.76. The summed E-state index contributed by atoms with van der Waals surface area (Å²) in [6.45, 7) is 5.88. The Kier molecular flexibility index (Phi) is 8.56. The first-order valence-electron chi connectivity index (χ1n) is 10.7. The third kappa shape index (κ3) is 6.73. The first-order valence-corrected chi connectivity index (χ1v) is 12.5. The number of nitrogens with one attached hydrogen (secondary N) is 2. The Morgan fingerprint density at radius 2 is 2.06 bits per heavy atom. The largest absolute Gasteiger partial charge is 0.465 e. The summed E-state index contributed by atoms with van der Waals surface area (Å²) in [6, 6.07) is 6.75. The number of hydrogen-bond donors (Lipinski definition) is 3. The fourth-order valence-electron chi connectivity index (χ4n) is 3.07. The van der Waals surface area contributed by atoms with E-state index >= 15 is 0 Å². The zero-order valence-corrected chi connectivity index (χ0v) is 20.2. The van der Waals surface area contributed by atoms with E-state index in [0.29, 0.717) is 5.65 Å². The number of benzene rings is 1. The SMILES string of the molecule is CCOC(=O)C(C)NP(=O)(COCCn1cnc2c(=O)[nH]c(N)nc21)OCc1ccc(C)cc1. The summed E-state index contributed by atoms with van der Waals surface area (Å²) in [5, 5.41) is 2.74. The fraction of sp³-hybridized carbons (Fsp3) is 0.429. The molecule has 2 atom stereocenters. The molecule has 0 radical (unpaired) electrons. The van der Waals surface area contributed by atoms with Gasteiger partial charge >= 0.3 is 5.97 Å². The number of aryl methyl sites for hydroxylation is 1. The van der Waals surface area contributed by atoms with E-state index in [0.717, 1.165) is 11.1 Å². The van der Waals surface area contributed by atoms with Crippen LogP contribution >= 0.6 is 7.52 Å². The molecule has 0 aliphatic heterocycles. The van der Waals surface area contributed by atoms with Gasteiger partial charge < -0.3 is 24.3 Å². The van der Waals surface area contributed by atoms with Crippen LogP contribution in [0.3, 0.4) is 0 Å². The Hall–Kier alpha value is -3.05. The molecule has 13 heteroatoms. The molecule has 0 aliphatic carbocycles. The molecule has 0 amide bonds. The van der Waals surface area contributed by atoms with Crippen molar-refractivity contribution in [1.82, 2.24) is 24.6 Å². The monoisotopic (exact) mass is 492 g/mol. The molecule has 3 rings (SSSR count). The van der Waals surface area contributed by atoms with Gasteiger partial charge in [0.1, 0.15) is 12.4 Å². The number of nitrogens with zero attached hydrogens (tertiary/aromatic N) is 3. The highest BCUT2D eigenvalue weighted by Crippen LogP contribution is 2.44. The van der Waals surface area contributed by atoms with Crippen molar-refractivity contribution in [1.29, 1.82) is 0 Å². The Labute approximate surface area is 196 Å². The van der Waals surface area contributed by atoms with Crippen LogP contribution in [0.5, 0.6) is 0 Å². The molecule has 4 N–H and O–H groups in total. The zero-order valence-electron chi connectivity index (χ0n) is 19.3. The smallest absolute Gasteiger partial charge is 0.323 e. The summed E-state index contributed by atoms with van der Waals surface area (Å²) in [6.07, 6.45) is 1.16. The van der Waals surface area contributed by atoms with Crippen LogP contribution in [-0.2, 0) is 36.5 Å². The van der Waals surface area contributed by atoms with Crippen LogP contribution in [0.25, 0.3) is 11.2 Å². The maximum Gasteiger partial charge on any atom is 0.323 e. The van der Waals surface area contributed by atoms with Gasteiger partial charge in [0.2, 0.25) is 5.95 Å². The van der Waals surface area contributed by atoms with Gasteiger partial charge in [0, 0.05) is 6.54 Å². The number of hydrogen-bond acceptors (Lipinski definition) is 9. The molecule has 0 saturated heterocycles. The van der Waals surface area contributed by atoms with Crippen LogP contribution in [0.15, 0.2) is 35.4 Å². The van der Waals surface area contributed by atoms with Crippen molar-refractivity contribution in [3.63, 3.8) is 0 Å². The number of esters is 1. The van der Waals surface area contributed by atoms with E-state index in [-0.39, 0.29) is 44.2 Å². The van der Waals surface area contributed by atoms with Crippen LogP contribution in [-0.4, -0.2) is 51.1 Å². The van der Waals surface area contributed by atoms with Gasteiger partial charge in [-0.15, -0.1) is 0 Å². The number of fused-ring (bicyclic) bond motifs is 1. The van der Waals surface area contributed by atoms with E-state index in [2.05, 4.69) is 20.0 Å². The number of carbonyl (C=O) groups is 1. The Morgan fingerprint density at radius 3 is 2.76 bits per heavy atom. The summed E-state index contributed by atoms with van der Waals surface area (Å²) < 4.78 is 31.4. The fourth-order valence-corrected chi connectivity index (χ4v) is 4.72. The standard InChI is InChI=1S/C21H29N6O6P/c1-4-32-20(29)15(3)26-34(30,33-11-16-7-5-14(2)6-8-16)13-31-10-9-27-12-23-17-18(27)24-21(22)25-19(17)28/h5-8,12,15H,4,9-11,13H2,1-3H3,(H,26,30)(H3,22,24,25,28). The quantitative estimate of drug-likeness (QED) is 0.193. The average Bonchev–Trinajstić information content (AvgIpc) is 3.19. The predicted octanol–water partition coefficient (Wildman–Crippen LogP) is 1.94. The summed E-state index contributed by atoms with van der Waals surface area (Å²) in [7, 11) is -3.59. The molecule has 34 heavy (non-hydrogen) atoms. The summed E-state index contributed by atoms with van der Waals surface area (Å²) >= 11 is 0. The van der Waals surface area contributed by atoms with Crippen molar-refractivity contribution < 1.29 is 23.4 Å². The number of ether oxygens (including phenoxy) is 2. The molecule has 3 aromatic rings. The number of imidazole rings is 1. The minimum Gasteiger partial charge on any atom is -0.465 e. The Balaban J connectivity index is 1.64. The van der Waals surface area contributed by atoms with Gasteiger partial charge in [-0.05, 0) is 26.3 Å². The lowest BCUT2D eigenvalue weighted by Gasteiger charge is -2.23. The van der Waals surface area contributed by atoms with Crippen LogP contribution in [0.2, 0.25) is 0 Å². The summed E-state index contributed by atoms with van der Waals surface area (Å²) in [4.78, 5) is 34.5. The van der Waals surface area contributed by atoms with E-state index in [1.54, 1.807) is 18.4 Å². The molecular weight excluding hydrogens is 463 g/mol. The van der Waals surface area contributed by atoms with Crippen molar-refractivity contribution in [3.8, 4) is 0 Å². The van der Waals surface area contributed by atoms with Gasteiger partial charge in [-0.1, -0.05) is 29.8 Å². The van der Waals surface area contributed by atoms with Crippen molar-refractivity contribution in [2.75, 3.05) is 25.3 Å². The topological polar surface area (TPSA) is 163 Å². The van der Waals surface area contributed by atoms with E-state index in [1.165, 1.54) is 6.33 Å². The number of anilines is 1. The third-order valence-electron chi connectivity index (χ3n) is 4.82. The Morgan fingerprint density at radius 1 is 1.32 bits per heavy atom. The number of H-pyrrole nitrogens is 1. The van der Waals surface area contributed by atoms with Gasteiger partial charge in [0.25, 0.3) is 13.1 Å². The normalized spacial score (nSPS) is 14.1. The van der Waals surface area contributed by atoms with Gasteiger partial charge in [0.15, 0.2) is 11.2 Å². The molecule has 0 bridgehead atoms. The zero-order chi connectivity index (χ0) is 24.7. The van der Waals surface area contributed by atoms with Crippen LogP contribution in [0.1, 0.15) is 25.0 Å². The molecular formula is C21H29N6O6P. The number of rotatable bonds is 12. The molecule has 0 saturated carbocycles. The summed E-state index contributed by atoms with van der Waals surface area (Å²) in [5.41, 5.74) is 7.57. The Bertz CT molecular complexity index is 1220. The molecule has 1 aromatic carbocycles. The lowest BCUT2D eigenvalue weighted by atomic mass is 10.2. The first kappa shape index (κ1) is 25.6. The molecule has 2 heterocycles. The van der Waals surface area contributed by atoms with E-state index in [1.807, 2.05) is 31.2 Å². The number of nitrogen functional groups attached to an aromatic ring is 1. The lowest BCUT2D eigenvalue weighted by Crippen LogP contribution is -2.34. The van der Waals surface area contributed by atoms with Crippen LogP contribution in [0.4, 0.5) is 5.95 Å². The van der Waals surface area contributed by atoms with Gasteiger partial charge in [-0.3, -0.25) is 19.1 Å². The molecule has 2 aromatic heterocycles. The average molecular weight is 492 g/mol. The molecule has 0 spiro atoms. The minimum atomic E-state index is -3.59. The van der Waals surface area contributed by atoms with Crippen molar-refractivity contribution >= 4 is 30.6 Å². The third-order valence-corrected chi connectivity index (χ3v) is 6.67. The molecule has 0 aliphatic rings. The second kappa shape index (κ2) is 11.4. The maximum absolute atomic E-state index is 13.5. The highest BCUT2D eigenvalue weighted by Gasteiger charge is 2.29. The predicted molar refractivity (Wildman–Crippen MR) is 126 cm³/mol.